The highest BCUT2D eigenvalue weighted by molar-refractivity contribution is 6.31. The molecule has 1 N–H and O–H groups in total. The first-order valence-electron chi connectivity index (χ1n) is 6.66. The van der Waals surface area contributed by atoms with Gasteiger partial charge in [-0.15, -0.1) is 0 Å². The Morgan fingerprint density at radius 2 is 1.95 bits per heavy atom. The quantitative estimate of drug-likeness (QED) is 0.429. The average Bonchev–Trinajstić information content (AvgIpc) is 2.50. The maximum atomic E-state index is 6.10. The number of benzene rings is 2. The van der Waals surface area contributed by atoms with Crippen molar-refractivity contribution >= 4 is 56.6 Å². The van der Waals surface area contributed by atoms with Gasteiger partial charge in [0.15, 0.2) is 0 Å². The third-order valence-corrected chi connectivity index (χ3v) is 4.06. The summed E-state index contributed by atoms with van der Waals surface area (Å²) in [4.78, 5) is 9.35. The topological polar surface area (TPSA) is 37.8 Å². The standard InChI is InChI=1S/C17H12ClN3/c1-9-7-14(19-2)17-15-11(9)5-6-20-16(15)12-4-3-10(18)8-13(12)21-17/h3-8,19H,1H2,2H3. The number of halogens is 1. The molecule has 2 aromatic heterocycles. The average molecular weight is 294 g/mol. The Labute approximate surface area is 126 Å². The predicted octanol–water partition coefficient (Wildman–Crippen LogP) is 3.76. The fourth-order valence-electron chi connectivity index (χ4n) is 2.85. The van der Waals surface area contributed by atoms with Crippen molar-refractivity contribution in [3.05, 3.63) is 46.8 Å². The molecule has 0 amide bonds. The summed E-state index contributed by atoms with van der Waals surface area (Å²) < 4.78 is 0. The fraction of sp³-hybridized carbons (Fsp3) is 0.0588. The molecule has 0 atom stereocenters. The van der Waals surface area contributed by atoms with Crippen molar-refractivity contribution < 1.29 is 0 Å². The second kappa shape index (κ2) is 4.30. The van der Waals surface area contributed by atoms with Gasteiger partial charge >= 0.3 is 0 Å². The molecule has 0 radical (unpaired) electrons. The number of anilines is 1. The Morgan fingerprint density at radius 3 is 2.76 bits per heavy atom. The van der Waals surface area contributed by atoms with E-state index >= 15 is 0 Å². The van der Waals surface area contributed by atoms with Crippen molar-refractivity contribution in [3.63, 3.8) is 0 Å². The third kappa shape index (κ3) is 1.68. The van der Waals surface area contributed by atoms with Crippen LogP contribution in [0, 0.1) is 0 Å². The van der Waals surface area contributed by atoms with E-state index in [0.717, 1.165) is 43.6 Å². The van der Waals surface area contributed by atoms with Gasteiger partial charge in [-0.3, -0.25) is 4.98 Å². The van der Waals surface area contributed by atoms with Crippen molar-refractivity contribution in [2.75, 3.05) is 12.4 Å². The number of nitrogens with one attached hydrogen (secondary N) is 1. The molecule has 0 spiro atoms. The van der Waals surface area contributed by atoms with Crippen LogP contribution in [0.5, 0.6) is 0 Å². The fourth-order valence-corrected chi connectivity index (χ4v) is 3.02. The molecule has 0 saturated heterocycles. The van der Waals surface area contributed by atoms with Crippen LogP contribution in [0.2, 0.25) is 5.02 Å². The monoisotopic (exact) mass is 293 g/mol. The predicted molar refractivity (Wildman–Crippen MR) is 89.8 cm³/mol. The second-order valence-corrected chi connectivity index (χ2v) is 5.47. The zero-order valence-electron chi connectivity index (χ0n) is 11.4. The van der Waals surface area contributed by atoms with Gasteiger partial charge in [0, 0.05) is 29.0 Å². The maximum Gasteiger partial charge on any atom is 0.0969 e. The van der Waals surface area contributed by atoms with Crippen LogP contribution in [-0.4, -0.2) is 17.0 Å². The van der Waals surface area contributed by atoms with E-state index in [1.165, 1.54) is 0 Å². The summed E-state index contributed by atoms with van der Waals surface area (Å²) in [7, 11) is 1.89. The van der Waals surface area contributed by atoms with E-state index in [9.17, 15) is 0 Å². The number of pyridine rings is 2. The van der Waals surface area contributed by atoms with Crippen molar-refractivity contribution in [1.82, 2.24) is 9.97 Å². The summed E-state index contributed by atoms with van der Waals surface area (Å²) in [5, 5.41) is 7.96. The largest absolute Gasteiger partial charge is 0.386 e. The minimum Gasteiger partial charge on any atom is -0.386 e. The van der Waals surface area contributed by atoms with E-state index in [0.29, 0.717) is 5.02 Å². The summed E-state index contributed by atoms with van der Waals surface area (Å²) in [6.45, 7) is 4.14. The Kier molecular flexibility index (Phi) is 2.53. The molecule has 0 aliphatic carbocycles. The van der Waals surface area contributed by atoms with E-state index in [1.807, 2.05) is 43.6 Å². The maximum absolute atomic E-state index is 6.10. The number of hydrogen-bond donors (Lipinski definition) is 1. The van der Waals surface area contributed by atoms with Crippen LogP contribution >= 0.6 is 11.6 Å². The SMILES string of the molecule is C=c1cc(NC)c2nc3cc(Cl)ccc3c3nccc1c23. The van der Waals surface area contributed by atoms with Crippen LogP contribution in [0.25, 0.3) is 39.3 Å². The van der Waals surface area contributed by atoms with Crippen LogP contribution in [-0.2, 0) is 0 Å². The highest BCUT2D eigenvalue weighted by Crippen LogP contribution is 2.32. The molecule has 2 heterocycles. The molecule has 0 bridgehead atoms. The molecule has 4 aromatic rings. The van der Waals surface area contributed by atoms with Crippen LogP contribution in [0.4, 0.5) is 5.69 Å². The molecular weight excluding hydrogens is 282 g/mol. The lowest BCUT2D eigenvalue weighted by atomic mass is 10.0. The van der Waals surface area contributed by atoms with Crippen molar-refractivity contribution in [2.45, 2.75) is 0 Å². The van der Waals surface area contributed by atoms with Crippen LogP contribution < -0.4 is 10.5 Å². The minimum absolute atomic E-state index is 0.674. The smallest absolute Gasteiger partial charge is 0.0969 e. The van der Waals surface area contributed by atoms with Crippen LogP contribution in [0.1, 0.15) is 0 Å². The molecule has 0 aliphatic rings. The van der Waals surface area contributed by atoms with Gasteiger partial charge in [-0.05, 0) is 40.9 Å². The zero-order valence-corrected chi connectivity index (χ0v) is 12.2. The first-order valence-corrected chi connectivity index (χ1v) is 7.04. The molecule has 4 heteroatoms. The van der Waals surface area contributed by atoms with Gasteiger partial charge in [-0.1, -0.05) is 18.2 Å². The van der Waals surface area contributed by atoms with Gasteiger partial charge in [0.2, 0.25) is 0 Å². The number of aromatic nitrogens is 2. The summed E-state index contributed by atoms with van der Waals surface area (Å²) in [5.74, 6) is 0. The normalized spacial score (nSPS) is 11.5. The van der Waals surface area contributed by atoms with E-state index in [4.69, 9.17) is 16.6 Å². The molecular formula is C17H12ClN3. The first-order chi connectivity index (χ1) is 10.2. The summed E-state index contributed by atoms with van der Waals surface area (Å²) >= 11 is 6.10. The minimum atomic E-state index is 0.674. The van der Waals surface area contributed by atoms with Crippen molar-refractivity contribution in [1.29, 1.82) is 0 Å². The summed E-state index contributed by atoms with van der Waals surface area (Å²) in [6, 6.07) is 9.72. The molecule has 0 fully saturated rings. The Balaban J connectivity index is 2.39. The van der Waals surface area contributed by atoms with E-state index in [1.54, 1.807) is 0 Å². The van der Waals surface area contributed by atoms with Gasteiger partial charge in [-0.2, -0.15) is 0 Å². The van der Waals surface area contributed by atoms with Crippen LogP contribution in [0.15, 0.2) is 36.5 Å². The second-order valence-electron chi connectivity index (χ2n) is 5.04. The van der Waals surface area contributed by atoms with E-state index < -0.39 is 0 Å². The first kappa shape index (κ1) is 12.4. The van der Waals surface area contributed by atoms with Gasteiger partial charge in [0.05, 0.1) is 22.2 Å². The van der Waals surface area contributed by atoms with Gasteiger partial charge < -0.3 is 5.32 Å². The molecule has 0 aliphatic heterocycles. The van der Waals surface area contributed by atoms with Crippen molar-refractivity contribution in [3.8, 4) is 0 Å². The third-order valence-electron chi connectivity index (χ3n) is 3.82. The van der Waals surface area contributed by atoms with Crippen molar-refractivity contribution in [2.24, 2.45) is 0 Å². The lowest BCUT2D eigenvalue weighted by molar-refractivity contribution is 1.40. The van der Waals surface area contributed by atoms with E-state index in [-0.39, 0.29) is 0 Å². The van der Waals surface area contributed by atoms with Crippen LogP contribution in [0.3, 0.4) is 0 Å². The molecule has 102 valence electrons. The van der Waals surface area contributed by atoms with E-state index in [2.05, 4.69) is 16.9 Å². The molecule has 0 saturated carbocycles. The zero-order chi connectivity index (χ0) is 14.6. The van der Waals surface area contributed by atoms with Gasteiger partial charge in [0.25, 0.3) is 0 Å². The highest BCUT2D eigenvalue weighted by atomic mass is 35.5. The number of hydrogen-bond acceptors (Lipinski definition) is 3. The molecule has 2 aromatic carbocycles. The lowest BCUT2D eigenvalue weighted by Crippen LogP contribution is -2.05. The Morgan fingerprint density at radius 1 is 1.10 bits per heavy atom. The highest BCUT2D eigenvalue weighted by Gasteiger charge is 2.13. The Bertz CT molecular complexity index is 1060. The number of nitrogens with zero attached hydrogens (tertiary/aromatic N) is 2. The molecule has 0 unspecified atom stereocenters. The summed E-state index contributed by atoms with van der Waals surface area (Å²) in [5.41, 5.74) is 3.64. The molecule has 21 heavy (non-hydrogen) atoms. The number of rotatable bonds is 1. The Hall–Kier alpha value is -2.39. The molecule has 3 nitrogen and oxygen atoms in total. The van der Waals surface area contributed by atoms with Gasteiger partial charge in [-0.25, -0.2) is 4.98 Å². The molecule has 4 rings (SSSR count). The summed E-state index contributed by atoms with van der Waals surface area (Å²) in [6.07, 6.45) is 1.82. The van der Waals surface area contributed by atoms with Gasteiger partial charge in [0.1, 0.15) is 0 Å². The number of fused-ring (bicyclic) bond motifs is 2. The lowest BCUT2D eigenvalue weighted by Gasteiger charge is -2.12.